The number of carbonyl (C=O) groups is 1. The third-order valence-electron chi connectivity index (χ3n) is 4.12. The second-order valence-corrected chi connectivity index (χ2v) is 5.76. The highest BCUT2D eigenvalue weighted by atomic mass is 16.4. The topological polar surface area (TPSA) is 49.3 Å². The van der Waals surface area contributed by atoms with Gasteiger partial charge in [-0.1, -0.05) is 48.0 Å². The molecule has 108 valence electrons. The zero-order valence-corrected chi connectivity index (χ0v) is 12.0. The van der Waals surface area contributed by atoms with E-state index >= 15 is 0 Å². The average Bonchev–Trinajstić information content (AvgIpc) is 2.47. The highest BCUT2D eigenvalue weighted by Crippen LogP contribution is 2.38. The van der Waals surface area contributed by atoms with E-state index in [1.165, 1.54) is 11.1 Å². The fraction of sp³-hybridized carbons (Fsp3) is 0.278. The van der Waals surface area contributed by atoms with Gasteiger partial charge in [-0.2, -0.15) is 0 Å². The van der Waals surface area contributed by atoms with Crippen molar-refractivity contribution in [3.8, 4) is 0 Å². The standard InChI is InChI=1S/C18H19NO2/c1-12-7-8-16-14(9-12)10-15(11-17(20)21)18(19-16)13-5-3-2-4-6-13/h2-9,15,18-19H,10-11H2,1H3,(H,20,21)/t15-,18?/m0/s1. The molecule has 0 saturated heterocycles. The maximum atomic E-state index is 11.2. The van der Waals surface area contributed by atoms with Crippen LogP contribution >= 0.6 is 0 Å². The molecule has 0 aromatic heterocycles. The number of aryl methyl sites for hydroxylation is 1. The molecule has 2 N–H and O–H groups in total. The van der Waals surface area contributed by atoms with Gasteiger partial charge < -0.3 is 10.4 Å². The zero-order chi connectivity index (χ0) is 14.8. The summed E-state index contributed by atoms with van der Waals surface area (Å²) in [5.41, 5.74) is 4.70. The van der Waals surface area contributed by atoms with E-state index in [1.54, 1.807) is 0 Å². The fourth-order valence-electron chi connectivity index (χ4n) is 3.15. The summed E-state index contributed by atoms with van der Waals surface area (Å²) < 4.78 is 0. The first-order valence-electron chi connectivity index (χ1n) is 7.26. The van der Waals surface area contributed by atoms with E-state index in [9.17, 15) is 9.90 Å². The molecule has 1 unspecified atom stereocenters. The largest absolute Gasteiger partial charge is 0.481 e. The van der Waals surface area contributed by atoms with Crippen molar-refractivity contribution in [2.75, 3.05) is 5.32 Å². The summed E-state index contributed by atoms with van der Waals surface area (Å²) in [6.45, 7) is 2.07. The van der Waals surface area contributed by atoms with Crippen molar-refractivity contribution in [3.63, 3.8) is 0 Å². The maximum Gasteiger partial charge on any atom is 0.303 e. The Labute approximate surface area is 124 Å². The third-order valence-corrected chi connectivity index (χ3v) is 4.12. The molecule has 3 nitrogen and oxygen atoms in total. The smallest absolute Gasteiger partial charge is 0.303 e. The second kappa shape index (κ2) is 5.60. The molecule has 1 heterocycles. The minimum absolute atomic E-state index is 0.0532. The molecule has 0 radical (unpaired) electrons. The number of aliphatic carboxylic acids is 1. The zero-order valence-electron chi connectivity index (χ0n) is 12.0. The van der Waals surface area contributed by atoms with Crippen molar-refractivity contribution in [3.05, 3.63) is 65.2 Å². The monoisotopic (exact) mass is 281 g/mol. The summed E-state index contributed by atoms with van der Waals surface area (Å²) in [7, 11) is 0. The second-order valence-electron chi connectivity index (χ2n) is 5.76. The van der Waals surface area contributed by atoms with Crippen LogP contribution in [0.5, 0.6) is 0 Å². The molecule has 0 bridgehead atoms. The molecule has 1 aliphatic rings. The first kappa shape index (κ1) is 13.7. The number of hydrogen-bond donors (Lipinski definition) is 2. The molecule has 0 saturated carbocycles. The minimum atomic E-state index is -0.737. The molecule has 1 aliphatic heterocycles. The lowest BCUT2D eigenvalue weighted by atomic mass is 9.81. The number of benzene rings is 2. The van der Waals surface area contributed by atoms with Crippen molar-refractivity contribution >= 4 is 11.7 Å². The van der Waals surface area contributed by atoms with E-state index in [1.807, 2.05) is 18.2 Å². The van der Waals surface area contributed by atoms with Gasteiger partial charge in [0.2, 0.25) is 0 Å². The van der Waals surface area contributed by atoms with Crippen LogP contribution in [0.15, 0.2) is 48.5 Å². The summed E-state index contributed by atoms with van der Waals surface area (Å²) in [4.78, 5) is 11.2. The fourth-order valence-corrected chi connectivity index (χ4v) is 3.15. The number of rotatable bonds is 3. The first-order chi connectivity index (χ1) is 10.1. The normalized spacial score (nSPS) is 20.4. The first-order valence-corrected chi connectivity index (χ1v) is 7.26. The van der Waals surface area contributed by atoms with Crippen LogP contribution in [-0.4, -0.2) is 11.1 Å². The van der Waals surface area contributed by atoms with E-state index < -0.39 is 5.97 Å². The molecule has 3 rings (SSSR count). The predicted octanol–water partition coefficient (Wildman–Crippen LogP) is 3.80. The van der Waals surface area contributed by atoms with Crippen molar-refractivity contribution in [2.45, 2.75) is 25.8 Å². The van der Waals surface area contributed by atoms with Gasteiger partial charge in [-0.25, -0.2) is 0 Å². The Kier molecular flexibility index (Phi) is 3.65. The lowest BCUT2D eigenvalue weighted by molar-refractivity contribution is -0.138. The lowest BCUT2D eigenvalue weighted by Gasteiger charge is -2.34. The van der Waals surface area contributed by atoms with Gasteiger partial charge in [0.05, 0.1) is 12.5 Å². The molecule has 2 atom stereocenters. The van der Waals surface area contributed by atoms with Crippen LogP contribution in [0.3, 0.4) is 0 Å². The number of anilines is 1. The Morgan fingerprint density at radius 2 is 2.00 bits per heavy atom. The van der Waals surface area contributed by atoms with E-state index in [2.05, 4.69) is 42.6 Å². The Hall–Kier alpha value is -2.29. The van der Waals surface area contributed by atoms with E-state index in [-0.39, 0.29) is 18.4 Å². The lowest BCUT2D eigenvalue weighted by Crippen LogP contribution is -2.29. The van der Waals surface area contributed by atoms with E-state index in [4.69, 9.17) is 0 Å². The summed E-state index contributed by atoms with van der Waals surface area (Å²) in [5.74, 6) is -0.668. The number of hydrogen-bond acceptors (Lipinski definition) is 2. The minimum Gasteiger partial charge on any atom is -0.481 e. The summed E-state index contributed by atoms with van der Waals surface area (Å²) in [6, 6.07) is 16.5. The van der Waals surface area contributed by atoms with E-state index in [0.29, 0.717) is 0 Å². The highest BCUT2D eigenvalue weighted by molar-refractivity contribution is 5.68. The van der Waals surface area contributed by atoms with Crippen LogP contribution in [0.1, 0.15) is 29.2 Å². The van der Waals surface area contributed by atoms with Gasteiger partial charge in [0, 0.05) is 5.69 Å². The van der Waals surface area contributed by atoms with Crippen molar-refractivity contribution in [1.29, 1.82) is 0 Å². The molecular formula is C18H19NO2. The Balaban J connectivity index is 1.97. The van der Waals surface area contributed by atoms with Gasteiger partial charge in [-0.05, 0) is 36.5 Å². The van der Waals surface area contributed by atoms with Crippen molar-refractivity contribution in [2.24, 2.45) is 5.92 Å². The Bertz CT molecular complexity index is 652. The van der Waals surface area contributed by atoms with Crippen LogP contribution in [0.25, 0.3) is 0 Å². The molecule has 21 heavy (non-hydrogen) atoms. The van der Waals surface area contributed by atoms with Crippen LogP contribution in [0, 0.1) is 12.8 Å². The molecule has 0 aliphatic carbocycles. The quantitative estimate of drug-likeness (QED) is 0.899. The Morgan fingerprint density at radius 1 is 1.24 bits per heavy atom. The molecule has 2 aromatic rings. The predicted molar refractivity (Wildman–Crippen MR) is 83.4 cm³/mol. The van der Waals surface area contributed by atoms with Gasteiger partial charge in [0.1, 0.15) is 0 Å². The van der Waals surface area contributed by atoms with Crippen molar-refractivity contribution < 1.29 is 9.90 Å². The SMILES string of the molecule is Cc1ccc2c(c1)C[C@@H](CC(=O)O)C(c1ccccc1)N2. The molecule has 2 aromatic carbocycles. The van der Waals surface area contributed by atoms with Gasteiger partial charge in [-0.3, -0.25) is 4.79 Å². The van der Waals surface area contributed by atoms with E-state index in [0.717, 1.165) is 17.7 Å². The number of carboxylic acid groups (broad SMARTS) is 1. The van der Waals surface area contributed by atoms with Gasteiger partial charge in [0.15, 0.2) is 0 Å². The van der Waals surface area contributed by atoms with Crippen LogP contribution in [-0.2, 0) is 11.2 Å². The third kappa shape index (κ3) is 2.92. The maximum absolute atomic E-state index is 11.2. The summed E-state index contributed by atoms with van der Waals surface area (Å²) in [5, 5.41) is 12.7. The molecule has 0 amide bonds. The van der Waals surface area contributed by atoms with Crippen LogP contribution in [0.2, 0.25) is 0 Å². The molecule has 0 fully saturated rings. The van der Waals surface area contributed by atoms with Gasteiger partial charge in [0.25, 0.3) is 0 Å². The Morgan fingerprint density at radius 3 is 2.71 bits per heavy atom. The van der Waals surface area contributed by atoms with Crippen LogP contribution in [0.4, 0.5) is 5.69 Å². The molecular weight excluding hydrogens is 262 g/mol. The van der Waals surface area contributed by atoms with Crippen molar-refractivity contribution in [1.82, 2.24) is 0 Å². The number of carboxylic acids is 1. The number of nitrogens with one attached hydrogen (secondary N) is 1. The van der Waals surface area contributed by atoms with Gasteiger partial charge >= 0.3 is 5.97 Å². The van der Waals surface area contributed by atoms with Crippen LogP contribution < -0.4 is 5.32 Å². The highest BCUT2D eigenvalue weighted by Gasteiger charge is 2.30. The molecule has 3 heteroatoms. The molecule has 0 spiro atoms. The van der Waals surface area contributed by atoms with Gasteiger partial charge in [-0.15, -0.1) is 0 Å². The number of fused-ring (bicyclic) bond motifs is 1. The summed E-state index contributed by atoms with van der Waals surface area (Å²) >= 11 is 0. The summed E-state index contributed by atoms with van der Waals surface area (Å²) in [6.07, 6.45) is 0.982. The average molecular weight is 281 g/mol.